The summed E-state index contributed by atoms with van der Waals surface area (Å²) >= 11 is 5.38. The lowest BCUT2D eigenvalue weighted by atomic mass is 10.2. The highest BCUT2D eigenvalue weighted by Crippen LogP contribution is 2.12. The van der Waals surface area contributed by atoms with Crippen molar-refractivity contribution in [1.29, 1.82) is 0 Å². The van der Waals surface area contributed by atoms with Crippen LogP contribution in [0.25, 0.3) is 6.08 Å². The molecule has 1 saturated heterocycles. The first-order chi connectivity index (χ1) is 8.79. The fourth-order valence-corrected chi connectivity index (χ4v) is 2.02. The van der Waals surface area contributed by atoms with E-state index in [2.05, 4.69) is 4.90 Å². The summed E-state index contributed by atoms with van der Waals surface area (Å²) in [5.74, 6) is 0.864. The number of morpholine rings is 1. The van der Waals surface area contributed by atoms with E-state index in [9.17, 15) is 0 Å². The predicted molar refractivity (Wildman–Crippen MR) is 77.0 cm³/mol. The van der Waals surface area contributed by atoms with Crippen LogP contribution in [0.3, 0.4) is 0 Å². The van der Waals surface area contributed by atoms with Crippen LogP contribution in [0.5, 0.6) is 5.75 Å². The minimum atomic E-state index is 0.760. The second-order valence-electron chi connectivity index (χ2n) is 4.04. The molecular weight excluding hydrogens is 246 g/mol. The van der Waals surface area contributed by atoms with Crippen molar-refractivity contribution in [3.8, 4) is 5.75 Å². The van der Waals surface area contributed by atoms with Crippen LogP contribution in [0.2, 0.25) is 0 Å². The topological polar surface area (TPSA) is 21.7 Å². The Kier molecular flexibility index (Phi) is 4.73. The molecule has 3 nitrogen and oxygen atoms in total. The molecule has 1 heterocycles. The fourth-order valence-electron chi connectivity index (χ4n) is 1.77. The molecule has 0 spiro atoms. The van der Waals surface area contributed by atoms with Gasteiger partial charge in [0.25, 0.3) is 0 Å². The van der Waals surface area contributed by atoms with Crippen molar-refractivity contribution < 1.29 is 9.47 Å². The number of thiocarbonyl (C=S) groups is 1. The number of methoxy groups -OCH3 is 1. The molecule has 1 aliphatic heterocycles. The summed E-state index contributed by atoms with van der Waals surface area (Å²) in [6.45, 7) is 3.28. The summed E-state index contributed by atoms with van der Waals surface area (Å²) in [6.07, 6.45) is 4.00. The molecule has 1 aromatic carbocycles. The first-order valence-electron chi connectivity index (χ1n) is 5.98. The summed E-state index contributed by atoms with van der Waals surface area (Å²) in [6, 6.07) is 7.91. The number of rotatable bonds is 3. The molecule has 0 aliphatic carbocycles. The summed E-state index contributed by atoms with van der Waals surface area (Å²) < 4.78 is 10.4. The van der Waals surface area contributed by atoms with Gasteiger partial charge in [-0.3, -0.25) is 0 Å². The standard InChI is InChI=1S/C14H17NO2S/c1-16-13-5-2-12(3-6-13)4-7-14(18)15-8-10-17-11-9-15/h2-7H,8-11H2,1H3. The highest BCUT2D eigenvalue weighted by Gasteiger charge is 2.10. The van der Waals surface area contributed by atoms with E-state index in [1.165, 1.54) is 0 Å². The summed E-state index contributed by atoms with van der Waals surface area (Å²) in [5, 5.41) is 0. The van der Waals surface area contributed by atoms with Gasteiger partial charge in [0, 0.05) is 13.1 Å². The third-order valence-corrected chi connectivity index (χ3v) is 3.25. The predicted octanol–water partition coefficient (Wildman–Crippen LogP) is 2.37. The lowest BCUT2D eigenvalue weighted by Crippen LogP contribution is -2.38. The van der Waals surface area contributed by atoms with E-state index < -0.39 is 0 Å². The van der Waals surface area contributed by atoms with Crippen LogP contribution in [0, 0.1) is 0 Å². The molecule has 1 aliphatic rings. The van der Waals surface area contributed by atoms with E-state index in [4.69, 9.17) is 21.7 Å². The molecular formula is C14H17NO2S. The van der Waals surface area contributed by atoms with Crippen molar-refractivity contribution >= 4 is 23.3 Å². The van der Waals surface area contributed by atoms with E-state index in [0.717, 1.165) is 42.6 Å². The van der Waals surface area contributed by atoms with Gasteiger partial charge in [-0.15, -0.1) is 0 Å². The Morgan fingerprint density at radius 2 is 1.94 bits per heavy atom. The highest BCUT2D eigenvalue weighted by molar-refractivity contribution is 7.80. The lowest BCUT2D eigenvalue weighted by Gasteiger charge is -2.27. The highest BCUT2D eigenvalue weighted by atomic mass is 32.1. The molecule has 0 aromatic heterocycles. The zero-order valence-corrected chi connectivity index (χ0v) is 11.3. The average Bonchev–Trinajstić information content (AvgIpc) is 2.46. The van der Waals surface area contributed by atoms with Crippen LogP contribution in [0.15, 0.2) is 30.3 Å². The third kappa shape index (κ3) is 3.55. The molecule has 0 N–H and O–H groups in total. The number of hydrogen-bond acceptors (Lipinski definition) is 3. The van der Waals surface area contributed by atoms with Gasteiger partial charge in [0.2, 0.25) is 0 Å². The van der Waals surface area contributed by atoms with Crippen LogP contribution in [-0.2, 0) is 4.74 Å². The fraction of sp³-hybridized carbons (Fsp3) is 0.357. The second kappa shape index (κ2) is 6.52. The number of hydrogen-bond donors (Lipinski definition) is 0. The molecule has 0 amide bonds. The average molecular weight is 263 g/mol. The Balaban J connectivity index is 1.94. The van der Waals surface area contributed by atoms with Crippen LogP contribution in [-0.4, -0.2) is 43.3 Å². The van der Waals surface area contributed by atoms with Crippen molar-refractivity contribution in [3.05, 3.63) is 35.9 Å². The first kappa shape index (κ1) is 13.1. The Morgan fingerprint density at radius 3 is 2.56 bits per heavy atom. The first-order valence-corrected chi connectivity index (χ1v) is 6.39. The normalized spacial score (nSPS) is 15.9. The summed E-state index contributed by atoms with van der Waals surface area (Å²) in [7, 11) is 1.67. The molecule has 0 saturated carbocycles. The maximum atomic E-state index is 5.38. The van der Waals surface area contributed by atoms with Crippen LogP contribution >= 0.6 is 12.2 Å². The van der Waals surface area contributed by atoms with E-state index in [1.54, 1.807) is 7.11 Å². The third-order valence-electron chi connectivity index (χ3n) is 2.86. The Morgan fingerprint density at radius 1 is 1.28 bits per heavy atom. The molecule has 2 rings (SSSR count). The van der Waals surface area contributed by atoms with E-state index in [0.29, 0.717) is 0 Å². The van der Waals surface area contributed by atoms with Crippen molar-refractivity contribution in [2.45, 2.75) is 0 Å². The Hall–Kier alpha value is -1.39. The van der Waals surface area contributed by atoms with Gasteiger partial charge in [-0.1, -0.05) is 30.4 Å². The maximum absolute atomic E-state index is 5.38. The SMILES string of the molecule is COc1ccc(C=CC(=S)N2CCOCC2)cc1. The molecule has 0 bridgehead atoms. The minimum Gasteiger partial charge on any atom is -0.497 e. The zero-order valence-electron chi connectivity index (χ0n) is 10.5. The van der Waals surface area contributed by atoms with Gasteiger partial charge >= 0.3 is 0 Å². The molecule has 0 radical (unpaired) electrons. The number of nitrogens with zero attached hydrogens (tertiary/aromatic N) is 1. The van der Waals surface area contributed by atoms with Gasteiger partial charge < -0.3 is 14.4 Å². The second-order valence-corrected chi connectivity index (χ2v) is 4.46. The monoisotopic (exact) mass is 263 g/mol. The quantitative estimate of drug-likeness (QED) is 0.616. The van der Waals surface area contributed by atoms with Crippen LogP contribution < -0.4 is 4.74 Å². The maximum Gasteiger partial charge on any atom is 0.118 e. The largest absolute Gasteiger partial charge is 0.497 e. The van der Waals surface area contributed by atoms with Gasteiger partial charge in [0.05, 0.1) is 20.3 Å². The molecule has 18 heavy (non-hydrogen) atoms. The Labute approximate surface area is 113 Å². The van der Waals surface area contributed by atoms with Gasteiger partial charge in [-0.25, -0.2) is 0 Å². The van der Waals surface area contributed by atoms with Gasteiger partial charge in [0.15, 0.2) is 0 Å². The molecule has 0 unspecified atom stereocenters. The van der Waals surface area contributed by atoms with Crippen LogP contribution in [0.4, 0.5) is 0 Å². The van der Waals surface area contributed by atoms with Crippen LogP contribution in [0.1, 0.15) is 5.56 Å². The molecule has 0 atom stereocenters. The van der Waals surface area contributed by atoms with Crippen molar-refractivity contribution in [3.63, 3.8) is 0 Å². The van der Waals surface area contributed by atoms with Crippen molar-refractivity contribution in [1.82, 2.24) is 4.90 Å². The van der Waals surface area contributed by atoms with Gasteiger partial charge in [-0.2, -0.15) is 0 Å². The smallest absolute Gasteiger partial charge is 0.118 e. The Bertz CT molecular complexity index is 422. The molecule has 96 valence electrons. The van der Waals surface area contributed by atoms with E-state index in [-0.39, 0.29) is 0 Å². The molecule has 4 heteroatoms. The summed E-state index contributed by atoms with van der Waals surface area (Å²) in [5.41, 5.74) is 1.12. The zero-order chi connectivity index (χ0) is 12.8. The van der Waals surface area contributed by atoms with Gasteiger partial charge in [-0.05, 0) is 23.8 Å². The number of benzene rings is 1. The number of ether oxygens (including phenoxy) is 2. The van der Waals surface area contributed by atoms with E-state index in [1.807, 2.05) is 36.4 Å². The van der Waals surface area contributed by atoms with Crippen molar-refractivity contribution in [2.24, 2.45) is 0 Å². The minimum absolute atomic E-state index is 0.760. The van der Waals surface area contributed by atoms with E-state index >= 15 is 0 Å². The lowest BCUT2D eigenvalue weighted by molar-refractivity contribution is 0.0694. The molecule has 1 aromatic rings. The molecule has 1 fully saturated rings. The van der Waals surface area contributed by atoms with Crippen molar-refractivity contribution in [2.75, 3.05) is 33.4 Å². The van der Waals surface area contributed by atoms with Gasteiger partial charge in [0.1, 0.15) is 10.7 Å². The summed E-state index contributed by atoms with van der Waals surface area (Å²) in [4.78, 5) is 3.04.